The van der Waals surface area contributed by atoms with E-state index in [0.717, 1.165) is 43.3 Å². The predicted octanol–water partition coefficient (Wildman–Crippen LogP) is 2.72. The second kappa shape index (κ2) is 7.70. The Labute approximate surface area is 161 Å². The molecule has 1 aliphatic rings. The van der Waals surface area contributed by atoms with E-state index in [0.29, 0.717) is 5.69 Å². The van der Waals surface area contributed by atoms with Crippen molar-refractivity contribution in [3.05, 3.63) is 63.3 Å². The summed E-state index contributed by atoms with van der Waals surface area (Å²) in [7, 11) is 0. The van der Waals surface area contributed by atoms with E-state index in [1.165, 1.54) is 16.0 Å². The van der Waals surface area contributed by atoms with Gasteiger partial charge in [0.05, 0.1) is 26.2 Å². The van der Waals surface area contributed by atoms with Crippen molar-refractivity contribution in [3.63, 3.8) is 0 Å². The molecule has 0 spiro atoms. The monoisotopic (exact) mass is 384 g/mol. The number of thiazole rings is 1. The molecule has 4 nitrogen and oxygen atoms in total. The molecule has 1 aliphatic heterocycles. The Hall–Kier alpha value is -2.02. The van der Waals surface area contributed by atoms with Gasteiger partial charge >= 0.3 is 0 Å². The van der Waals surface area contributed by atoms with Gasteiger partial charge in [-0.3, -0.25) is 4.79 Å². The molecule has 0 bridgehead atoms. The number of nitrogens with one attached hydrogen (secondary N) is 1. The van der Waals surface area contributed by atoms with E-state index in [4.69, 9.17) is 0 Å². The fraction of sp³-hybridized carbons (Fsp3) is 0.300. The molecule has 0 unspecified atom stereocenters. The van der Waals surface area contributed by atoms with Gasteiger partial charge in [0.2, 0.25) is 0 Å². The third kappa shape index (κ3) is 3.87. The van der Waals surface area contributed by atoms with Crippen molar-refractivity contribution in [2.45, 2.75) is 13.5 Å². The molecule has 0 aliphatic carbocycles. The molecule has 1 N–H and O–H groups in total. The van der Waals surface area contributed by atoms with E-state index in [1.807, 2.05) is 21.7 Å². The molecule has 4 rings (SSSR count). The number of hydrogen-bond acceptors (Lipinski definition) is 4. The first kappa shape index (κ1) is 17.4. The van der Waals surface area contributed by atoms with Crippen LogP contribution in [0.2, 0.25) is 0 Å². The van der Waals surface area contributed by atoms with Gasteiger partial charge in [0.1, 0.15) is 17.2 Å². The van der Waals surface area contributed by atoms with Gasteiger partial charge in [-0.2, -0.15) is 11.3 Å². The topological polar surface area (TPSA) is 37.6 Å². The summed E-state index contributed by atoms with van der Waals surface area (Å²) in [6, 6.07) is 10.8. The Bertz CT molecular complexity index is 880. The molecule has 0 radical (unpaired) electrons. The van der Waals surface area contributed by atoms with Crippen LogP contribution in [0.1, 0.15) is 21.6 Å². The van der Waals surface area contributed by atoms with Crippen LogP contribution in [0.25, 0.3) is 10.6 Å². The molecule has 0 atom stereocenters. The highest BCUT2D eigenvalue weighted by atomic mass is 32.1. The molecule has 3 heterocycles. The molecular formula is C20H22N3OS2+. The molecule has 1 saturated heterocycles. The lowest BCUT2D eigenvalue weighted by Crippen LogP contribution is -3.13. The van der Waals surface area contributed by atoms with Crippen molar-refractivity contribution in [3.8, 4) is 10.6 Å². The van der Waals surface area contributed by atoms with E-state index < -0.39 is 0 Å². The minimum absolute atomic E-state index is 0.0670. The zero-order valence-electron chi connectivity index (χ0n) is 14.8. The Morgan fingerprint density at radius 1 is 1.23 bits per heavy atom. The summed E-state index contributed by atoms with van der Waals surface area (Å²) in [4.78, 5) is 20.8. The van der Waals surface area contributed by atoms with Crippen LogP contribution in [0.3, 0.4) is 0 Å². The minimum atomic E-state index is 0.0670. The minimum Gasteiger partial charge on any atom is -0.328 e. The third-order valence-corrected chi connectivity index (χ3v) is 6.36. The van der Waals surface area contributed by atoms with Crippen LogP contribution in [0.4, 0.5) is 0 Å². The summed E-state index contributed by atoms with van der Waals surface area (Å²) in [6.45, 7) is 6.73. The first-order valence-corrected chi connectivity index (χ1v) is 10.7. The van der Waals surface area contributed by atoms with Gasteiger partial charge in [-0.05, 0) is 18.4 Å². The molecule has 1 aromatic carbocycles. The standard InChI is InChI=1S/C20H21N3OS2/c1-15-3-2-4-16(11-15)12-22-6-8-23(9-7-22)20(24)18-14-26-19(21-18)17-5-10-25-13-17/h2-5,10-11,13-14H,6-9,12H2,1H3/p+1. The molecule has 1 amide bonds. The van der Waals surface area contributed by atoms with E-state index in [-0.39, 0.29) is 5.91 Å². The highest BCUT2D eigenvalue weighted by molar-refractivity contribution is 7.14. The van der Waals surface area contributed by atoms with Crippen molar-refractivity contribution in [2.75, 3.05) is 26.2 Å². The number of rotatable bonds is 4. The number of benzene rings is 1. The van der Waals surface area contributed by atoms with Crippen molar-refractivity contribution in [1.82, 2.24) is 9.88 Å². The lowest BCUT2D eigenvalue weighted by atomic mass is 10.1. The number of piperazine rings is 1. The zero-order valence-corrected chi connectivity index (χ0v) is 16.4. The average Bonchev–Trinajstić information content (AvgIpc) is 3.33. The van der Waals surface area contributed by atoms with Crippen LogP contribution < -0.4 is 4.90 Å². The largest absolute Gasteiger partial charge is 0.328 e. The molecular weight excluding hydrogens is 362 g/mol. The molecule has 26 heavy (non-hydrogen) atoms. The third-order valence-electron chi connectivity index (χ3n) is 4.79. The highest BCUT2D eigenvalue weighted by Crippen LogP contribution is 2.26. The summed E-state index contributed by atoms with van der Waals surface area (Å²) < 4.78 is 0. The van der Waals surface area contributed by atoms with E-state index >= 15 is 0 Å². The van der Waals surface area contributed by atoms with Crippen molar-refractivity contribution in [2.24, 2.45) is 0 Å². The van der Waals surface area contributed by atoms with Crippen LogP contribution >= 0.6 is 22.7 Å². The van der Waals surface area contributed by atoms with E-state index in [2.05, 4.69) is 41.6 Å². The average molecular weight is 385 g/mol. The van der Waals surface area contributed by atoms with Crippen molar-refractivity contribution >= 4 is 28.6 Å². The van der Waals surface area contributed by atoms with Gasteiger partial charge < -0.3 is 9.80 Å². The van der Waals surface area contributed by atoms with Crippen LogP contribution in [0.15, 0.2) is 46.5 Å². The second-order valence-corrected chi connectivity index (χ2v) is 8.40. The van der Waals surface area contributed by atoms with Gasteiger partial charge in [-0.1, -0.05) is 29.8 Å². The van der Waals surface area contributed by atoms with Gasteiger partial charge in [0.25, 0.3) is 5.91 Å². The second-order valence-electron chi connectivity index (χ2n) is 6.76. The number of aromatic nitrogens is 1. The molecule has 134 valence electrons. The SMILES string of the molecule is Cc1cccc(C[NH+]2CCN(C(=O)c3csc(-c4ccsc4)n3)CC2)c1. The van der Waals surface area contributed by atoms with Crippen molar-refractivity contribution in [1.29, 1.82) is 0 Å². The van der Waals surface area contributed by atoms with Crippen LogP contribution in [-0.2, 0) is 6.54 Å². The van der Waals surface area contributed by atoms with E-state index in [9.17, 15) is 4.79 Å². The number of aryl methyl sites for hydroxylation is 1. The summed E-state index contributed by atoms with van der Waals surface area (Å²) in [6.07, 6.45) is 0. The fourth-order valence-corrected chi connectivity index (χ4v) is 4.87. The Kier molecular flexibility index (Phi) is 5.15. The van der Waals surface area contributed by atoms with Crippen molar-refractivity contribution < 1.29 is 9.69 Å². The van der Waals surface area contributed by atoms with Gasteiger partial charge in [0.15, 0.2) is 0 Å². The Morgan fingerprint density at radius 3 is 2.81 bits per heavy atom. The molecule has 2 aromatic heterocycles. The van der Waals surface area contributed by atoms with Crippen LogP contribution in [0.5, 0.6) is 0 Å². The number of carbonyl (C=O) groups is 1. The van der Waals surface area contributed by atoms with Gasteiger partial charge in [0, 0.05) is 21.9 Å². The number of amides is 1. The van der Waals surface area contributed by atoms with E-state index in [1.54, 1.807) is 22.7 Å². The predicted molar refractivity (Wildman–Crippen MR) is 107 cm³/mol. The molecule has 6 heteroatoms. The number of thiophene rings is 1. The quantitative estimate of drug-likeness (QED) is 0.751. The summed E-state index contributed by atoms with van der Waals surface area (Å²) in [5.74, 6) is 0.0670. The first-order valence-electron chi connectivity index (χ1n) is 8.85. The summed E-state index contributed by atoms with van der Waals surface area (Å²) in [5, 5.41) is 6.93. The fourth-order valence-electron chi connectivity index (χ4n) is 3.37. The Morgan fingerprint density at radius 2 is 2.08 bits per heavy atom. The smallest absolute Gasteiger partial charge is 0.273 e. The Balaban J connectivity index is 1.35. The normalized spacial score (nSPS) is 15.3. The molecule has 1 fully saturated rings. The van der Waals surface area contributed by atoms with Gasteiger partial charge in [-0.25, -0.2) is 4.98 Å². The lowest BCUT2D eigenvalue weighted by molar-refractivity contribution is -0.917. The molecule has 3 aromatic rings. The summed E-state index contributed by atoms with van der Waals surface area (Å²) >= 11 is 3.20. The maximum atomic E-state index is 12.8. The molecule has 0 saturated carbocycles. The summed E-state index contributed by atoms with van der Waals surface area (Å²) in [5.41, 5.74) is 4.37. The van der Waals surface area contributed by atoms with Gasteiger partial charge in [-0.15, -0.1) is 11.3 Å². The number of hydrogen-bond donors (Lipinski definition) is 1. The number of nitrogens with zero attached hydrogens (tertiary/aromatic N) is 2. The maximum Gasteiger partial charge on any atom is 0.273 e. The highest BCUT2D eigenvalue weighted by Gasteiger charge is 2.26. The number of carbonyl (C=O) groups excluding carboxylic acids is 1. The maximum absolute atomic E-state index is 12.8. The zero-order chi connectivity index (χ0) is 17.9. The number of quaternary nitrogens is 1. The lowest BCUT2D eigenvalue weighted by Gasteiger charge is -2.32. The van der Waals surface area contributed by atoms with Crippen LogP contribution in [0, 0.1) is 6.92 Å². The van der Waals surface area contributed by atoms with Crippen LogP contribution in [-0.4, -0.2) is 42.0 Å². The first-order chi connectivity index (χ1) is 12.7.